The van der Waals surface area contributed by atoms with Crippen molar-refractivity contribution >= 4 is 47.0 Å². The lowest BCUT2D eigenvalue weighted by Gasteiger charge is -2.36. The molecule has 4 rings (SSSR count). The van der Waals surface area contributed by atoms with E-state index >= 15 is 0 Å². The van der Waals surface area contributed by atoms with E-state index in [1.54, 1.807) is 17.0 Å². The van der Waals surface area contributed by atoms with Crippen LogP contribution in [-0.2, 0) is 23.9 Å². The van der Waals surface area contributed by atoms with E-state index in [1.807, 2.05) is 12.1 Å². The van der Waals surface area contributed by atoms with E-state index < -0.39 is 31.2 Å². The van der Waals surface area contributed by atoms with Gasteiger partial charge in [-0.2, -0.15) is 13.2 Å². The van der Waals surface area contributed by atoms with Gasteiger partial charge in [-0.25, -0.2) is 21.6 Å². The van der Waals surface area contributed by atoms with Crippen LogP contribution in [0.3, 0.4) is 0 Å². The van der Waals surface area contributed by atoms with Crippen LogP contribution >= 0.6 is 10.7 Å². The van der Waals surface area contributed by atoms with Crippen molar-refractivity contribution in [1.29, 1.82) is 0 Å². The van der Waals surface area contributed by atoms with Crippen LogP contribution < -0.4 is 19.8 Å². The maximum atomic E-state index is 12.3. The number of amides is 1. The molecule has 0 bridgehead atoms. The molecule has 2 N–H and O–H groups in total. The van der Waals surface area contributed by atoms with Crippen molar-refractivity contribution < 1.29 is 34.8 Å². The maximum Gasteiger partial charge on any atom is 0.471 e. The Morgan fingerprint density at radius 2 is 1.23 bits per heavy atom. The van der Waals surface area contributed by atoms with Crippen LogP contribution in [0.5, 0.6) is 0 Å². The first kappa shape index (κ1) is 33.6. The second-order valence-corrected chi connectivity index (χ2v) is 13.1. The molecule has 40 heavy (non-hydrogen) atoms. The second-order valence-electron chi connectivity index (χ2n) is 8.65. The molecule has 0 unspecified atom stereocenters. The zero-order valence-corrected chi connectivity index (χ0v) is 23.4. The Hall–Kier alpha value is -2.59. The first-order valence-corrected chi connectivity index (χ1v) is 15.7. The van der Waals surface area contributed by atoms with Crippen molar-refractivity contribution in [3.05, 3.63) is 48.5 Å². The average molecular weight is 628 g/mol. The zero-order valence-electron chi connectivity index (χ0n) is 21.0. The maximum absolute atomic E-state index is 12.3. The van der Waals surface area contributed by atoms with Crippen LogP contribution in [-0.4, -0.2) is 93.2 Å². The second kappa shape index (κ2) is 13.9. The van der Waals surface area contributed by atoms with Crippen LogP contribution in [0.1, 0.15) is 7.43 Å². The molecule has 0 radical (unpaired) electrons. The Balaban J connectivity index is 0.000000282. The molecule has 2 fully saturated rings. The number of hydrogen-bond donors (Lipinski definition) is 2. The van der Waals surface area contributed by atoms with Gasteiger partial charge in [0.1, 0.15) is 0 Å². The summed E-state index contributed by atoms with van der Waals surface area (Å²) in [6.45, 7) is 4.22. The predicted molar refractivity (Wildman–Crippen MR) is 149 cm³/mol. The molecule has 1 amide bonds. The van der Waals surface area contributed by atoms with Gasteiger partial charge >= 0.3 is 12.1 Å². The number of carbonyl (C=O) groups excluding carboxylic acids is 1. The molecule has 2 heterocycles. The highest BCUT2D eigenvalue weighted by Gasteiger charge is 2.43. The smallest absolute Gasteiger partial charge is 0.369 e. The molecule has 0 saturated carbocycles. The van der Waals surface area contributed by atoms with Crippen molar-refractivity contribution in [2.24, 2.45) is 0 Å². The summed E-state index contributed by atoms with van der Waals surface area (Å²) in [5.41, 5.74) is 1.73. The number of benzene rings is 2. The Morgan fingerprint density at radius 3 is 1.62 bits per heavy atom. The fraction of sp³-hybridized carbons (Fsp3) is 0.458. The summed E-state index contributed by atoms with van der Waals surface area (Å²) in [4.78, 5) is 16.1. The quantitative estimate of drug-likeness (QED) is 0.486. The van der Waals surface area contributed by atoms with Gasteiger partial charge in [-0.05, 0) is 55.6 Å². The molecule has 2 saturated heterocycles. The number of rotatable bonds is 5. The molecule has 0 spiro atoms. The largest absolute Gasteiger partial charge is 0.471 e. The summed E-state index contributed by atoms with van der Waals surface area (Å²) in [6, 6.07) is 12.7. The van der Waals surface area contributed by atoms with Gasteiger partial charge < -0.3 is 20.0 Å². The van der Waals surface area contributed by atoms with Crippen LogP contribution in [0.4, 0.5) is 24.5 Å². The number of nitrogens with zero attached hydrogens (tertiary/aromatic N) is 3. The molecule has 2 aliphatic heterocycles. The number of nitrogens with one attached hydrogen (secondary N) is 2. The fourth-order valence-corrected chi connectivity index (χ4v) is 5.54. The van der Waals surface area contributed by atoms with E-state index in [9.17, 15) is 34.8 Å². The van der Waals surface area contributed by atoms with Crippen LogP contribution in [0.15, 0.2) is 58.3 Å². The number of piperazine rings is 2. The molecule has 10 nitrogen and oxygen atoms in total. The summed E-state index contributed by atoms with van der Waals surface area (Å²) >= 11 is 0. The number of carbonyl (C=O) groups is 1. The summed E-state index contributed by atoms with van der Waals surface area (Å²) in [5, 5.41) is 3.28. The van der Waals surface area contributed by atoms with Crippen molar-refractivity contribution in [2.45, 2.75) is 23.4 Å². The summed E-state index contributed by atoms with van der Waals surface area (Å²) in [6.07, 6.45) is -4.86. The molecule has 0 aromatic heterocycles. The third-order valence-corrected chi connectivity index (χ3v) is 8.99. The zero-order chi connectivity index (χ0) is 28.8. The molecule has 224 valence electrons. The monoisotopic (exact) mass is 627 g/mol. The highest BCUT2D eigenvalue weighted by atomic mass is 35.7. The van der Waals surface area contributed by atoms with E-state index in [0.29, 0.717) is 10.6 Å². The topological polar surface area (TPSA) is 119 Å². The highest BCUT2D eigenvalue weighted by Crippen LogP contribution is 2.24. The molecule has 2 aromatic carbocycles. The third kappa shape index (κ3) is 8.96. The Morgan fingerprint density at radius 1 is 0.800 bits per heavy atom. The third-order valence-electron chi connectivity index (χ3n) is 6.19. The Kier molecular flexibility index (Phi) is 11.6. The summed E-state index contributed by atoms with van der Waals surface area (Å²) in [7, 11) is -0.520. The van der Waals surface area contributed by atoms with E-state index in [-0.39, 0.29) is 38.5 Å². The van der Waals surface area contributed by atoms with Gasteiger partial charge in [0.15, 0.2) is 0 Å². The number of anilines is 2. The summed E-state index contributed by atoms with van der Waals surface area (Å²) < 4.78 is 84.7. The molecule has 16 heteroatoms. The SMILES string of the molecule is C.CNS(=O)(=O)c1ccc(N2CCNCC2)cc1.O=C(N1CCN(c2ccc(S(=O)(=O)Cl)cc2)CC1)C(F)(F)F. The van der Waals surface area contributed by atoms with Crippen LogP contribution in [0, 0.1) is 0 Å². The minimum Gasteiger partial charge on any atom is -0.369 e. The van der Waals surface area contributed by atoms with Crippen LogP contribution in [0.2, 0.25) is 0 Å². The number of halogens is 4. The van der Waals surface area contributed by atoms with Crippen molar-refractivity contribution in [2.75, 3.05) is 69.2 Å². The van der Waals surface area contributed by atoms with Gasteiger partial charge in [-0.1, -0.05) is 7.43 Å². The van der Waals surface area contributed by atoms with Gasteiger partial charge in [-0.15, -0.1) is 0 Å². The lowest BCUT2D eigenvalue weighted by Crippen LogP contribution is -2.52. The van der Waals surface area contributed by atoms with Crippen LogP contribution in [0.25, 0.3) is 0 Å². The number of hydrogen-bond acceptors (Lipinski definition) is 8. The van der Waals surface area contributed by atoms with E-state index in [2.05, 4.69) is 14.9 Å². The van der Waals surface area contributed by atoms with E-state index in [1.165, 1.54) is 31.3 Å². The lowest BCUT2D eigenvalue weighted by atomic mass is 10.2. The average Bonchev–Trinajstić information content (AvgIpc) is 2.93. The standard InChI is InChI=1S/C12H12ClF3N2O3S.C11H17N3O2S.CH4/c13-22(20,21)10-3-1-9(2-4-10)17-5-7-18(8-6-17)11(19)12(14,15)16;1-12-17(15,16)11-4-2-10(3-5-11)14-8-6-13-7-9-14;/h1-4H,5-8H2;2-5,12-13H,6-9H2,1H3;1H4. The molecule has 2 aliphatic rings. The first-order chi connectivity index (χ1) is 18.2. The predicted octanol–water partition coefficient (Wildman–Crippen LogP) is 2.47. The van der Waals surface area contributed by atoms with Gasteiger partial charge in [0.25, 0.3) is 9.05 Å². The first-order valence-electron chi connectivity index (χ1n) is 11.9. The fourth-order valence-electron chi connectivity index (χ4n) is 4.04. The van der Waals surface area contributed by atoms with Crippen molar-refractivity contribution in [3.8, 4) is 0 Å². The van der Waals surface area contributed by atoms with Gasteiger partial charge in [0.05, 0.1) is 9.79 Å². The number of alkyl halides is 3. The van der Waals surface area contributed by atoms with Gasteiger partial charge in [-0.3, -0.25) is 4.79 Å². The molecule has 0 aliphatic carbocycles. The Bertz CT molecular complexity index is 1330. The molecule has 2 aromatic rings. The van der Waals surface area contributed by atoms with Crippen molar-refractivity contribution in [3.63, 3.8) is 0 Å². The molecule has 0 atom stereocenters. The number of sulfonamides is 1. The highest BCUT2D eigenvalue weighted by molar-refractivity contribution is 8.13. The van der Waals surface area contributed by atoms with E-state index in [4.69, 9.17) is 10.7 Å². The lowest BCUT2D eigenvalue weighted by molar-refractivity contribution is -0.185. The molecular formula is C24H33ClF3N5O5S2. The summed E-state index contributed by atoms with van der Waals surface area (Å²) in [5.74, 6) is -1.84. The van der Waals surface area contributed by atoms with Gasteiger partial charge in [0, 0.05) is 74.4 Å². The van der Waals surface area contributed by atoms with Gasteiger partial charge in [0.2, 0.25) is 10.0 Å². The minimum absolute atomic E-state index is 0. The normalized spacial score (nSPS) is 16.5. The molecular weight excluding hydrogens is 595 g/mol. The van der Waals surface area contributed by atoms with E-state index in [0.717, 1.165) is 36.8 Å². The van der Waals surface area contributed by atoms with Crippen molar-refractivity contribution in [1.82, 2.24) is 14.9 Å². The minimum atomic E-state index is -4.86. The Labute approximate surface area is 237 Å².